The highest BCUT2D eigenvalue weighted by Crippen LogP contribution is 2.19. The highest BCUT2D eigenvalue weighted by Gasteiger charge is 2.07. The first-order valence-corrected chi connectivity index (χ1v) is 8.44. The summed E-state index contributed by atoms with van der Waals surface area (Å²) in [6.45, 7) is 3.30. The van der Waals surface area contributed by atoms with Gasteiger partial charge >= 0.3 is 0 Å². The number of nitrogens with zero attached hydrogens (tertiary/aromatic N) is 5. The zero-order chi connectivity index (χ0) is 18.4. The molecule has 9 heteroatoms. The van der Waals surface area contributed by atoms with Gasteiger partial charge in [0.1, 0.15) is 18.4 Å². The minimum Gasteiger partial charge on any atom is -0.444 e. The number of aliphatic imine (C=N–C) groups is 1. The van der Waals surface area contributed by atoms with E-state index in [0.717, 1.165) is 23.5 Å². The standard InChI is InChI=1S/C18H23N7O.HI/c1-13-4-6-14(7-5-13)17-24-15(11-26-17)8-9-20-18(19-2)21-10-16-22-12-23-25(16)3;/h4-7,11-12H,8-10H2,1-3H3,(H2,19,20,21);1H. The molecule has 2 heterocycles. The maximum Gasteiger partial charge on any atom is 0.226 e. The second-order valence-corrected chi connectivity index (χ2v) is 5.91. The summed E-state index contributed by atoms with van der Waals surface area (Å²) in [4.78, 5) is 12.9. The minimum atomic E-state index is 0. The average Bonchev–Trinajstić information content (AvgIpc) is 3.28. The number of nitrogens with one attached hydrogen (secondary N) is 2. The Hall–Kier alpha value is -2.43. The predicted octanol–water partition coefficient (Wildman–Crippen LogP) is 2.30. The Morgan fingerprint density at radius 3 is 2.67 bits per heavy atom. The first-order valence-electron chi connectivity index (χ1n) is 8.44. The molecule has 0 unspecified atom stereocenters. The summed E-state index contributed by atoms with van der Waals surface area (Å²) in [6.07, 6.45) is 3.97. The highest BCUT2D eigenvalue weighted by molar-refractivity contribution is 14.0. The van der Waals surface area contributed by atoms with E-state index >= 15 is 0 Å². The van der Waals surface area contributed by atoms with Crippen LogP contribution in [0.5, 0.6) is 0 Å². The molecule has 0 fully saturated rings. The second kappa shape index (κ2) is 10.0. The molecule has 144 valence electrons. The topological polar surface area (TPSA) is 93.2 Å². The van der Waals surface area contributed by atoms with Crippen molar-refractivity contribution in [3.8, 4) is 11.5 Å². The fraction of sp³-hybridized carbons (Fsp3) is 0.333. The van der Waals surface area contributed by atoms with Gasteiger partial charge < -0.3 is 15.1 Å². The molecule has 0 saturated heterocycles. The van der Waals surface area contributed by atoms with Crippen LogP contribution in [0.15, 0.2) is 46.3 Å². The molecule has 2 N–H and O–H groups in total. The molecule has 0 spiro atoms. The SMILES string of the molecule is CN=C(NCCc1coc(-c2ccc(C)cc2)n1)NCc1ncnn1C.I. The van der Waals surface area contributed by atoms with E-state index in [1.807, 2.05) is 31.3 Å². The summed E-state index contributed by atoms with van der Waals surface area (Å²) in [5.74, 6) is 2.19. The number of aryl methyl sites for hydroxylation is 2. The molecule has 8 nitrogen and oxygen atoms in total. The summed E-state index contributed by atoms with van der Waals surface area (Å²) < 4.78 is 7.31. The van der Waals surface area contributed by atoms with E-state index in [1.165, 1.54) is 11.9 Å². The molecule has 3 aromatic rings. The van der Waals surface area contributed by atoms with Gasteiger partial charge in [0.05, 0.1) is 12.2 Å². The zero-order valence-corrected chi connectivity index (χ0v) is 18.0. The van der Waals surface area contributed by atoms with Gasteiger partial charge in [0.25, 0.3) is 0 Å². The third-order valence-electron chi connectivity index (χ3n) is 3.97. The van der Waals surface area contributed by atoms with E-state index in [9.17, 15) is 0 Å². The number of aromatic nitrogens is 4. The maximum absolute atomic E-state index is 5.58. The molecule has 0 amide bonds. The number of halogens is 1. The van der Waals surface area contributed by atoms with E-state index in [0.29, 0.717) is 24.9 Å². The quantitative estimate of drug-likeness (QED) is 0.319. The molecule has 3 rings (SSSR count). The zero-order valence-electron chi connectivity index (χ0n) is 15.6. The number of hydrogen-bond acceptors (Lipinski definition) is 5. The summed E-state index contributed by atoms with van der Waals surface area (Å²) in [6, 6.07) is 8.13. The lowest BCUT2D eigenvalue weighted by Crippen LogP contribution is -2.38. The van der Waals surface area contributed by atoms with Gasteiger partial charge in [-0.2, -0.15) is 5.10 Å². The third kappa shape index (κ3) is 5.78. The van der Waals surface area contributed by atoms with E-state index < -0.39 is 0 Å². The van der Waals surface area contributed by atoms with Crippen molar-refractivity contribution >= 4 is 29.9 Å². The van der Waals surface area contributed by atoms with E-state index in [2.05, 4.69) is 37.6 Å². The molecule has 0 saturated carbocycles. The van der Waals surface area contributed by atoms with Crippen LogP contribution < -0.4 is 10.6 Å². The van der Waals surface area contributed by atoms with Crippen molar-refractivity contribution in [2.45, 2.75) is 19.9 Å². The Morgan fingerprint density at radius 2 is 2.00 bits per heavy atom. The molecule has 0 aliphatic carbocycles. The van der Waals surface area contributed by atoms with Gasteiger partial charge in [0, 0.05) is 32.6 Å². The van der Waals surface area contributed by atoms with Crippen LogP contribution in [0.4, 0.5) is 0 Å². The molecule has 0 atom stereocenters. The Kier molecular flexibility index (Phi) is 7.77. The predicted molar refractivity (Wildman–Crippen MR) is 115 cm³/mol. The lowest BCUT2D eigenvalue weighted by atomic mass is 10.1. The van der Waals surface area contributed by atoms with Crippen molar-refractivity contribution < 1.29 is 4.42 Å². The van der Waals surface area contributed by atoms with Crippen LogP contribution in [0.25, 0.3) is 11.5 Å². The van der Waals surface area contributed by atoms with Gasteiger partial charge in [-0.3, -0.25) is 9.67 Å². The van der Waals surface area contributed by atoms with Crippen molar-refractivity contribution in [1.82, 2.24) is 30.4 Å². The number of benzene rings is 1. The van der Waals surface area contributed by atoms with Gasteiger partial charge in [-0.25, -0.2) is 9.97 Å². The fourth-order valence-corrected chi connectivity index (χ4v) is 2.42. The van der Waals surface area contributed by atoms with Gasteiger partial charge in [0.15, 0.2) is 5.96 Å². The molecule has 27 heavy (non-hydrogen) atoms. The summed E-state index contributed by atoms with van der Waals surface area (Å²) >= 11 is 0. The molecular weight excluding hydrogens is 457 g/mol. The van der Waals surface area contributed by atoms with Crippen LogP contribution in [0.2, 0.25) is 0 Å². The average molecular weight is 481 g/mol. The lowest BCUT2D eigenvalue weighted by Gasteiger charge is -2.10. The van der Waals surface area contributed by atoms with Crippen LogP contribution in [0.1, 0.15) is 17.1 Å². The Labute approximate surface area is 175 Å². The largest absolute Gasteiger partial charge is 0.444 e. The normalized spacial score (nSPS) is 11.1. The van der Waals surface area contributed by atoms with Crippen molar-refractivity contribution in [2.24, 2.45) is 12.0 Å². The number of rotatable bonds is 6. The first kappa shape index (κ1) is 20.9. The maximum atomic E-state index is 5.58. The van der Waals surface area contributed by atoms with E-state index in [-0.39, 0.29) is 24.0 Å². The summed E-state index contributed by atoms with van der Waals surface area (Å²) in [7, 11) is 3.59. The molecule has 0 bridgehead atoms. The summed E-state index contributed by atoms with van der Waals surface area (Å²) in [5.41, 5.74) is 3.10. The van der Waals surface area contributed by atoms with Crippen molar-refractivity contribution in [2.75, 3.05) is 13.6 Å². The fourth-order valence-electron chi connectivity index (χ4n) is 2.42. The van der Waals surface area contributed by atoms with Gasteiger partial charge in [0.2, 0.25) is 5.89 Å². The molecule has 0 aliphatic heterocycles. The Bertz CT molecular complexity index is 870. The van der Waals surface area contributed by atoms with Gasteiger partial charge in [-0.05, 0) is 19.1 Å². The van der Waals surface area contributed by atoms with Crippen LogP contribution >= 0.6 is 24.0 Å². The number of guanidine groups is 1. The molecular formula is C18H24IN7O. The van der Waals surface area contributed by atoms with E-state index in [4.69, 9.17) is 4.42 Å². The second-order valence-electron chi connectivity index (χ2n) is 5.91. The van der Waals surface area contributed by atoms with E-state index in [1.54, 1.807) is 18.0 Å². The van der Waals surface area contributed by atoms with Crippen LogP contribution in [0, 0.1) is 6.92 Å². The molecule has 2 aromatic heterocycles. The van der Waals surface area contributed by atoms with Crippen molar-refractivity contribution in [3.05, 3.63) is 53.9 Å². The Balaban J connectivity index is 0.00000261. The number of hydrogen-bond donors (Lipinski definition) is 2. The van der Waals surface area contributed by atoms with Crippen molar-refractivity contribution in [1.29, 1.82) is 0 Å². The molecule has 0 radical (unpaired) electrons. The minimum absolute atomic E-state index is 0. The highest BCUT2D eigenvalue weighted by atomic mass is 127. The van der Waals surface area contributed by atoms with Crippen molar-refractivity contribution in [3.63, 3.8) is 0 Å². The number of oxazole rings is 1. The summed E-state index contributed by atoms with van der Waals surface area (Å²) in [5, 5.41) is 10.5. The molecule has 0 aliphatic rings. The Morgan fingerprint density at radius 1 is 1.22 bits per heavy atom. The first-order chi connectivity index (χ1) is 12.7. The smallest absolute Gasteiger partial charge is 0.226 e. The molecule has 1 aromatic carbocycles. The van der Waals surface area contributed by atoms with Crippen LogP contribution in [-0.2, 0) is 20.0 Å². The van der Waals surface area contributed by atoms with Gasteiger partial charge in [-0.1, -0.05) is 17.7 Å². The van der Waals surface area contributed by atoms with Crippen LogP contribution in [0.3, 0.4) is 0 Å². The lowest BCUT2D eigenvalue weighted by molar-refractivity contribution is 0.572. The van der Waals surface area contributed by atoms with Crippen LogP contribution in [-0.4, -0.2) is 39.3 Å². The monoisotopic (exact) mass is 481 g/mol. The van der Waals surface area contributed by atoms with Gasteiger partial charge in [-0.15, -0.1) is 24.0 Å². The third-order valence-corrected chi connectivity index (χ3v) is 3.97.